The largest absolute Gasteiger partial charge is 0.387 e. The van der Waals surface area contributed by atoms with Gasteiger partial charge in [-0.3, -0.25) is 19.9 Å². The van der Waals surface area contributed by atoms with Crippen LogP contribution in [0.25, 0.3) is 0 Å². The maximum absolute atomic E-state index is 13.8. The number of carbonyl (C=O) groups is 2. The van der Waals surface area contributed by atoms with Gasteiger partial charge in [0.25, 0.3) is 0 Å². The summed E-state index contributed by atoms with van der Waals surface area (Å²) in [7, 11) is 0. The van der Waals surface area contributed by atoms with E-state index in [2.05, 4.69) is 24.1 Å². The van der Waals surface area contributed by atoms with Crippen LogP contribution < -0.4 is 16.8 Å². The maximum atomic E-state index is 13.8. The fraction of sp³-hybridized carbons (Fsp3) is 0.889. The zero-order valence-corrected chi connectivity index (χ0v) is 22.4. The summed E-state index contributed by atoms with van der Waals surface area (Å²) in [6, 6.07) is 0.172. The van der Waals surface area contributed by atoms with Gasteiger partial charge in [0.1, 0.15) is 0 Å². The minimum atomic E-state index is -0.255. The van der Waals surface area contributed by atoms with Crippen LogP contribution in [0.4, 0.5) is 0 Å². The number of amides is 2. The van der Waals surface area contributed by atoms with Crippen molar-refractivity contribution in [2.45, 2.75) is 114 Å². The van der Waals surface area contributed by atoms with Crippen LogP contribution in [0.15, 0.2) is 0 Å². The Bertz CT molecular complexity index is 788. The number of likely N-dealkylation sites (tertiary alicyclic amines) is 1. The van der Waals surface area contributed by atoms with Gasteiger partial charge < -0.3 is 16.8 Å². The van der Waals surface area contributed by atoms with E-state index in [-0.39, 0.29) is 46.4 Å². The van der Waals surface area contributed by atoms with E-state index in [0.29, 0.717) is 23.8 Å². The van der Waals surface area contributed by atoms with E-state index in [1.807, 2.05) is 0 Å². The normalized spacial score (nSPS) is 38.5. The Morgan fingerprint density at radius 3 is 2.17 bits per heavy atom. The van der Waals surface area contributed by atoms with E-state index < -0.39 is 0 Å². The number of rotatable bonds is 7. The average molecular weight is 508 g/mol. The molecular weight excluding hydrogens is 462 g/mol. The number of alkyl halides is 1. The van der Waals surface area contributed by atoms with Crippen molar-refractivity contribution in [1.82, 2.24) is 10.2 Å². The molecule has 2 amide bonds. The molecule has 3 saturated carbocycles. The molecule has 0 spiro atoms. The molecule has 4 fully saturated rings. The molecule has 198 valence electrons. The second-order valence-electron chi connectivity index (χ2n) is 12.5. The van der Waals surface area contributed by atoms with Crippen molar-refractivity contribution in [3.05, 3.63) is 0 Å². The summed E-state index contributed by atoms with van der Waals surface area (Å²) in [6.45, 7) is 5.23. The lowest BCUT2D eigenvalue weighted by Crippen LogP contribution is -2.56. The molecule has 8 heteroatoms. The van der Waals surface area contributed by atoms with E-state index in [1.54, 1.807) is 0 Å². The molecule has 0 aromatic carbocycles. The summed E-state index contributed by atoms with van der Waals surface area (Å²) in [5.41, 5.74) is 11.2. The molecule has 0 radical (unpaired) electrons. The summed E-state index contributed by atoms with van der Waals surface area (Å²) in [5, 5.41) is 11.8. The van der Waals surface area contributed by atoms with Gasteiger partial charge in [0.15, 0.2) is 0 Å². The molecule has 4 rings (SSSR count). The summed E-state index contributed by atoms with van der Waals surface area (Å²) >= 11 is 6.34. The lowest BCUT2D eigenvalue weighted by molar-refractivity contribution is -0.128. The van der Waals surface area contributed by atoms with Crippen molar-refractivity contribution in [3.8, 4) is 0 Å². The molecular formula is C27H46ClN5O2. The third kappa shape index (κ3) is 6.15. The monoisotopic (exact) mass is 507 g/mol. The first-order valence-corrected chi connectivity index (χ1v) is 14.3. The highest BCUT2D eigenvalue weighted by molar-refractivity contribution is 6.20. The average Bonchev–Trinajstić information content (AvgIpc) is 3.17. The zero-order valence-electron chi connectivity index (χ0n) is 21.6. The Kier molecular flexibility index (Phi) is 8.36. The van der Waals surface area contributed by atoms with Crippen LogP contribution in [-0.2, 0) is 9.59 Å². The fourth-order valence-electron chi connectivity index (χ4n) is 7.55. The van der Waals surface area contributed by atoms with Crippen molar-refractivity contribution >= 4 is 29.3 Å². The summed E-state index contributed by atoms with van der Waals surface area (Å²) in [5.74, 6) is 1.79. The van der Waals surface area contributed by atoms with Crippen molar-refractivity contribution in [1.29, 1.82) is 5.41 Å². The van der Waals surface area contributed by atoms with Crippen LogP contribution in [0.1, 0.15) is 90.9 Å². The standard InChI is InChI=1S/C27H46ClN5O2/c1-27(2,20-9-11-21(28)12-10-20)32-26(35)23-13-18-7-8-19(24(29)30)14-22(18)33(23)15-16-3-5-17(6-4-16)25(31)34/h16-23H,3-15H2,1-2H3,(H3,29,30)(H2,31,34)(H,32,35). The van der Waals surface area contributed by atoms with Gasteiger partial charge in [-0.05, 0) is 109 Å². The van der Waals surface area contributed by atoms with Crippen LogP contribution >= 0.6 is 11.6 Å². The molecule has 6 N–H and O–H groups in total. The third-order valence-electron chi connectivity index (χ3n) is 9.89. The van der Waals surface area contributed by atoms with E-state index >= 15 is 0 Å². The summed E-state index contributed by atoms with van der Waals surface area (Å²) < 4.78 is 0. The smallest absolute Gasteiger partial charge is 0.237 e. The molecule has 1 heterocycles. The topological polar surface area (TPSA) is 125 Å². The van der Waals surface area contributed by atoms with Crippen LogP contribution in [-0.4, -0.2) is 52.1 Å². The Morgan fingerprint density at radius 2 is 1.57 bits per heavy atom. The number of nitrogens with zero attached hydrogens (tertiary/aromatic N) is 1. The molecule has 0 aromatic heterocycles. The highest BCUT2D eigenvalue weighted by atomic mass is 35.5. The molecule has 4 atom stereocenters. The van der Waals surface area contributed by atoms with Crippen LogP contribution in [0.3, 0.4) is 0 Å². The molecule has 35 heavy (non-hydrogen) atoms. The fourth-order valence-corrected chi connectivity index (χ4v) is 7.80. The first-order chi connectivity index (χ1) is 16.5. The Balaban J connectivity index is 1.46. The minimum Gasteiger partial charge on any atom is -0.387 e. The zero-order chi connectivity index (χ0) is 25.3. The second-order valence-corrected chi connectivity index (χ2v) is 13.1. The maximum Gasteiger partial charge on any atom is 0.237 e. The lowest BCUT2D eigenvalue weighted by atomic mass is 9.76. The van der Waals surface area contributed by atoms with Crippen molar-refractivity contribution in [3.63, 3.8) is 0 Å². The molecule has 7 nitrogen and oxygen atoms in total. The number of halogens is 1. The molecule has 0 bridgehead atoms. The number of carbonyl (C=O) groups excluding carboxylic acids is 2. The molecule has 0 aromatic rings. The van der Waals surface area contributed by atoms with Crippen molar-refractivity contribution < 1.29 is 9.59 Å². The van der Waals surface area contributed by atoms with Gasteiger partial charge in [-0.2, -0.15) is 0 Å². The van der Waals surface area contributed by atoms with E-state index in [4.69, 9.17) is 28.5 Å². The van der Waals surface area contributed by atoms with E-state index in [0.717, 1.165) is 83.6 Å². The van der Waals surface area contributed by atoms with Gasteiger partial charge in [-0.1, -0.05) is 0 Å². The van der Waals surface area contributed by atoms with E-state index in [9.17, 15) is 9.59 Å². The molecule has 4 unspecified atom stereocenters. The quantitative estimate of drug-likeness (QED) is 0.238. The van der Waals surface area contributed by atoms with Gasteiger partial charge in [-0.25, -0.2) is 0 Å². The van der Waals surface area contributed by atoms with Crippen LogP contribution in [0.5, 0.6) is 0 Å². The Morgan fingerprint density at radius 1 is 0.943 bits per heavy atom. The van der Waals surface area contributed by atoms with Crippen molar-refractivity contribution in [2.75, 3.05) is 6.54 Å². The van der Waals surface area contributed by atoms with Crippen LogP contribution in [0, 0.1) is 35.0 Å². The number of fused-ring (bicyclic) bond motifs is 1. The number of primary amides is 1. The number of hydrogen-bond donors (Lipinski definition) is 4. The highest BCUT2D eigenvalue weighted by Crippen LogP contribution is 2.44. The molecule has 3 aliphatic carbocycles. The van der Waals surface area contributed by atoms with Gasteiger partial charge in [0.2, 0.25) is 11.8 Å². The third-order valence-corrected chi connectivity index (χ3v) is 10.3. The molecule has 1 saturated heterocycles. The van der Waals surface area contributed by atoms with Gasteiger partial charge in [-0.15, -0.1) is 11.6 Å². The van der Waals surface area contributed by atoms with Gasteiger partial charge in [0.05, 0.1) is 11.9 Å². The first kappa shape index (κ1) is 26.7. The summed E-state index contributed by atoms with van der Waals surface area (Å²) in [4.78, 5) is 27.9. The Labute approximate surface area is 216 Å². The van der Waals surface area contributed by atoms with Gasteiger partial charge in [0, 0.05) is 35.3 Å². The molecule has 1 aliphatic heterocycles. The Hall–Kier alpha value is -1.34. The minimum absolute atomic E-state index is 0.00248. The van der Waals surface area contributed by atoms with Crippen LogP contribution in [0.2, 0.25) is 0 Å². The number of hydrogen-bond acceptors (Lipinski definition) is 4. The first-order valence-electron chi connectivity index (χ1n) is 13.9. The van der Waals surface area contributed by atoms with E-state index in [1.165, 1.54) is 0 Å². The SMILES string of the molecule is CC(C)(NC(=O)C1CC2CCC(C(=N)N)CC2N1CC1CCC(C(N)=O)CC1)C1CCC(Cl)CC1. The predicted molar refractivity (Wildman–Crippen MR) is 140 cm³/mol. The predicted octanol–water partition coefficient (Wildman–Crippen LogP) is 3.77. The van der Waals surface area contributed by atoms with Crippen molar-refractivity contribution in [2.24, 2.45) is 41.1 Å². The highest BCUT2D eigenvalue weighted by Gasteiger charge is 2.49. The lowest BCUT2D eigenvalue weighted by Gasteiger charge is -2.42. The second kappa shape index (κ2) is 11.0. The number of nitrogens with two attached hydrogens (primary N) is 2. The number of nitrogens with one attached hydrogen (secondary N) is 2. The number of amidine groups is 1. The molecule has 4 aliphatic rings. The summed E-state index contributed by atoms with van der Waals surface area (Å²) in [6.07, 6.45) is 11.6. The van der Waals surface area contributed by atoms with Gasteiger partial charge >= 0.3 is 0 Å².